The van der Waals surface area contributed by atoms with Crippen LogP contribution in [0, 0.1) is 18.2 Å². The highest BCUT2D eigenvalue weighted by molar-refractivity contribution is 6.32. The molecule has 2 aromatic carbocycles. The third kappa shape index (κ3) is 5.29. The van der Waals surface area contributed by atoms with Gasteiger partial charge in [0.25, 0.3) is 11.8 Å². The number of halogens is 2. The maximum absolute atomic E-state index is 15.2. The van der Waals surface area contributed by atoms with Crippen LogP contribution in [0.3, 0.4) is 0 Å². The maximum atomic E-state index is 15.2. The van der Waals surface area contributed by atoms with E-state index in [4.69, 9.17) is 27.5 Å². The Labute approximate surface area is 202 Å². The number of terminal acetylenes is 1. The average Bonchev–Trinajstić information content (AvgIpc) is 2.86. The lowest BCUT2D eigenvalue weighted by molar-refractivity contribution is -0.136. The van der Waals surface area contributed by atoms with Crippen molar-refractivity contribution in [2.75, 3.05) is 12.0 Å². The number of hydrogen-bond donors (Lipinski definition) is 0. The van der Waals surface area contributed by atoms with Gasteiger partial charge in [-0.3, -0.25) is 9.59 Å². The predicted octanol–water partition coefficient (Wildman–Crippen LogP) is 5.10. The molecule has 6 nitrogen and oxygen atoms in total. The molecule has 0 saturated heterocycles. The second-order valence-electron chi connectivity index (χ2n) is 7.63. The number of rotatable bonds is 6. The molecule has 0 radical (unpaired) electrons. The van der Waals surface area contributed by atoms with Crippen LogP contribution in [-0.2, 0) is 14.3 Å². The van der Waals surface area contributed by atoms with Gasteiger partial charge in [-0.15, -0.1) is 6.42 Å². The fraction of sp³-hybridized carbons (Fsp3) is 0.269. The second kappa shape index (κ2) is 11.0. The molecular formula is C26H23ClFNO5. The molecule has 8 heteroatoms. The van der Waals surface area contributed by atoms with E-state index in [0.717, 1.165) is 12.1 Å². The van der Waals surface area contributed by atoms with Crippen LogP contribution in [0.4, 0.5) is 10.1 Å². The van der Waals surface area contributed by atoms with Crippen molar-refractivity contribution >= 4 is 35.1 Å². The zero-order valence-corrected chi connectivity index (χ0v) is 19.5. The third-order valence-electron chi connectivity index (χ3n) is 5.37. The van der Waals surface area contributed by atoms with Gasteiger partial charge in [-0.2, -0.15) is 0 Å². The van der Waals surface area contributed by atoms with Crippen LogP contribution in [0.1, 0.15) is 43.0 Å². The van der Waals surface area contributed by atoms with Gasteiger partial charge in [-0.1, -0.05) is 35.7 Å². The van der Waals surface area contributed by atoms with Gasteiger partial charge >= 0.3 is 5.97 Å². The van der Waals surface area contributed by atoms with Crippen molar-refractivity contribution in [3.8, 4) is 18.1 Å². The summed E-state index contributed by atoms with van der Waals surface area (Å²) in [5.41, 5.74) is 0.0676. The highest BCUT2D eigenvalue weighted by atomic mass is 35.5. The molecule has 0 N–H and O–H groups in total. The summed E-state index contributed by atoms with van der Waals surface area (Å²) in [5, 5.41) is -0.0740. The fourth-order valence-corrected chi connectivity index (χ4v) is 3.85. The molecule has 0 aliphatic heterocycles. The molecule has 176 valence electrons. The molecule has 0 heterocycles. The Morgan fingerprint density at radius 2 is 1.74 bits per heavy atom. The minimum Gasteiger partial charge on any atom is -0.476 e. The molecule has 1 aliphatic rings. The molecule has 0 spiro atoms. The van der Waals surface area contributed by atoms with E-state index in [1.54, 1.807) is 25.1 Å². The van der Waals surface area contributed by atoms with Crippen LogP contribution in [0.5, 0.6) is 5.75 Å². The van der Waals surface area contributed by atoms with Crippen molar-refractivity contribution < 1.29 is 28.2 Å². The van der Waals surface area contributed by atoms with Crippen LogP contribution in [0.15, 0.2) is 53.6 Å². The Balaban J connectivity index is 2.20. The Hall–Kier alpha value is -3.63. The summed E-state index contributed by atoms with van der Waals surface area (Å²) in [6, 6.07) is 10.1. The Bertz CT molecular complexity index is 1190. The second-order valence-corrected chi connectivity index (χ2v) is 8.04. The summed E-state index contributed by atoms with van der Waals surface area (Å²) in [7, 11) is 1.22. The standard InChI is InChI=1S/C26H23ClFNO5/c1-4-16(2)34-23-15-22(21(28)14-20(23)27)29(24(30)17-10-6-5-7-11-17)25(31)18-12-8-9-13-19(18)26(32)33-3/h1,5-7,10-11,14-16H,8-9,12-13H2,2-3H3. The van der Waals surface area contributed by atoms with Gasteiger partial charge in [0.2, 0.25) is 0 Å². The summed E-state index contributed by atoms with van der Waals surface area (Å²) in [4.78, 5) is 40.3. The van der Waals surface area contributed by atoms with Crippen molar-refractivity contribution in [2.24, 2.45) is 0 Å². The first kappa shape index (κ1) is 25.0. The van der Waals surface area contributed by atoms with E-state index in [0.29, 0.717) is 24.2 Å². The van der Waals surface area contributed by atoms with Gasteiger partial charge in [-0.25, -0.2) is 14.1 Å². The Kier molecular flexibility index (Phi) is 8.08. The lowest BCUT2D eigenvalue weighted by atomic mass is 9.90. The number of imide groups is 1. The van der Waals surface area contributed by atoms with Gasteiger partial charge in [0.1, 0.15) is 11.6 Å². The molecular weight excluding hydrogens is 461 g/mol. The number of esters is 1. The quantitative estimate of drug-likeness (QED) is 0.325. The lowest BCUT2D eigenvalue weighted by Gasteiger charge is -2.26. The van der Waals surface area contributed by atoms with Gasteiger partial charge < -0.3 is 9.47 Å². The average molecular weight is 484 g/mol. The van der Waals surface area contributed by atoms with Gasteiger partial charge in [0, 0.05) is 22.8 Å². The highest BCUT2D eigenvalue weighted by Crippen LogP contribution is 2.36. The van der Waals surface area contributed by atoms with E-state index >= 15 is 4.39 Å². The summed E-state index contributed by atoms with van der Waals surface area (Å²) < 4.78 is 25.6. The SMILES string of the molecule is C#CC(C)Oc1cc(N(C(=O)C2=C(C(=O)OC)CCCC2)C(=O)c2ccccc2)c(F)cc1Cl. The Morgan fingerprint density at radius 1 is 1.09 bits per heavy atom. The van der Waals surface area contributed by atoms with E-state index in [1.807, 2.05) is 0 Å². The summed E-state index contributed by atoms with van der Waals surface area (Å²) in [5.74, 6) is -0.780. The van der Waals surface area contributed by atoms with E-state index < -0.39 is 29.7 Å². The first-order chi connectivity index (χ1) is 16.3. The predicted molar refractivity (Wildman–Crippen MR) is 126 cm³/mol. The lowest BCUT2D eigenvalue weighted by Crippen LogP contribution is -2.40. The van der Waals surface area contributed by atoms with Crippen molar-refractivity contribution in [2.45, 2.75) is 38.7 Å². The number of ether oxygens (including phenoxy) is 2. The molecule has 0 aromatic heterocycles. The number of amides is 2. The van der Waals surface area contributed by atoms with Gasteiger partial charge in [-0.05, 0) is 50.8 Å². The number of benzene rings is 2. The molecule has 34 heavy (non-hydrogen) atoms. The maximum Gasteiger partial charge on any atom is 0.334 e. The summed E-state index contributed by atoms with van der Waals surface area (Å²) >= 11 is 6.12. The largest absolute Gasteiger partial charge is 0.476 e. The minimum absolute atomic E-state index is 0.00740. The number of anilines is 1. The van der Waals surface area contributed by atoms with E-state index in [2.05, 4.69) is 5.92 Å². The monoisotopic (exact) mass is 483 g/mol. The van der Waals surface area contributed by atoms with Crippen molar-refractivity contribution in [1.82, 2.24) is 0 Å². The minimum atomic E-state index is -0.917. The van der Waals surface area contributed by atoms with Crippen LogP contribution in [0.25, 0.3) is 0 Å². The highest BCUT2D eigenvalue weighted by Gasteiger charge is 2.34. The Morgan fingerprint density at radius 3 is 2.35 bits per heavy atom. The summed E-state index contributed by atoms with van der Waals surface area (Å²) in [6.07, 6.45) is 6.55. The number of methoxy groups -OCH3 is 1. The fourth-order valence-electron chi connectivity index (χ4n) is 3.65. The molecule has 2 amide bonds. The third-order valence-corrected chi connectivity index (χ3v) is 5.66. The molecule has 1 unspecified atom stereocenters. The van der Waals surface area contributed by atoms with Crippen molar-refractivity contribution in [1.29, 1.82) is 0 Å². The number of carbonyl (C=O) groups excluding carboxylic acids is 3. The normalized spacial score (nSPS) is 14.1. The zero-order valence-electron chi connectivity index (χ0n) is 18.8. The van der Waals surface area contributed by atoms with Crippen molar-refractivity contribution in [3.63, 3.8) is 0 Å². The zero-order chi connectivity index (χ0) is 24.8. The van der Waals surface area contributed by atoms with Crippen LogP contribution < -0.4 is 9.64 Å². The van der Waals surface area contributed by atoms with Crippen LogP contribution in [-0.4, -0.2) is 31.0 Å². The molecule has 0 saturated carbocycles. The first-order valence-corrected chi connectivity index (χ1v) is 11.0. The van der Waals surface area contributed by atoms with Gasteiger partial charge in [0.15, 0.2) is 6.10 Å². The molecule has 3 rings (SSSR count). The molecule has 0 bridgehead atoms. The first-order valence-electron chi connectivity index (χ1n) is 10.6. The van der Waals surface area contributed by atoms with E-state index in [9.17, 15) is 14.4 Å². The van der Waals surface area contributed by atoms with Crippen LogP contribution in [0.2, 0.25) is 5.02 Å². The molecule has 1 aliphatic carbocycles. The van der Waals surface area contributed by atoms with Crippen LogP contribution >= 0.6 is 11.6 Å². The number of nitrogens with zero attached hydrogens (tertiary/aromatic N) is 1. The molecule has 0 fully saturated rings. The number of carbonyl (C=O) groups is 3. The topological polar surface area (TPSA) is 72.9 Å². The van der Waals surface area contributed by atoms with Crippen molar-refractivity contribution in [3.05, 3.63) is 70.0 Å². The molecule has 1 atom stereocenters. The molecule has 2 aromatic rings. The number of hydrogen-bond acceptors (Lipinski definition) is 5. The smallest absolute Gasteiger partial charge is 0.334 e. The van der Waals surface area contributed by atoms with Gasteiger partial charge in [0.05, 0.1) is 17.8 Å². The van der Waals surface area contributed by atoms with E-state index in [1.165, 1.54) is 19.2 Å². The van der Waals surface area contributed by atoms with E-state index in [-0.39, 0.29) is 39.6 Å². The summed E-state index contributed by atoms with van der Waals surface area (Å²) in [6.45, 7) is 1.59.